The number of aliphatic carboxylic acids is 1. The van der Waals surface area contributed by atoms with E-state index in [1.165, 1.54) is 6.08 Å². The summed E-state index contributed by atoms with van der Waals surface area (Å²) < 4.78 is 5.14. The van der Waals surface area contributed by atoms with Crippen molar-refractivity contribution in [2.45, 2.75) is 33.3 Å². The number of esters is 1. The predicted molar refractivity (Wildman–Crippen MR) is 67.9 cm³/mol. The number of carbonyl (C=O) groups excluding carboxylic acids is 1. The largest absolute Gasteiger partial charge is 0.481 e. The van der Waals surface area contributed by atoms with E-state index >= 15 is 0 Å². The molecule has 18 heavy (non-hydrogen) atoms. The Bertz CT molecular complexity index is 404. The highest BCUT2D eigenvalue weighted by molar-refractivity contribution is 5.83. The minimum absolute atomic E-state index is 0.116. The summed E-state index contributed by atoms with van der Waals surface area (Å²) in [7, 11) is 0. The first-order valence-electron chi connectivity index (χ1n) is 5.89. The molecule has 1 aliphatic rings. The molecule has 0 aromatic rings. The monoisotopic (exact) mass is 252 g/mol. The lowest BCUT2D eigenvalue weighted by atomic mass is 10.1. The molecule has 0 aromatic carbocycles. The predicted octanol–water partition coefficient (Wildman–Crippen LogP) is 2.41. The molecule has 1 fully saturated rings. The molecule has 0 radical (unpaired) electrons. The number of rotatable bonds is 5. The molecule has 0 bridgehead atoms. The van der Waals surface area contributed by atoms with Gasteiger partial charge in [-0.3, -0.25) is 4.79 Å². The molecule has 2 atom stereocenters. The van der Waals surface area contributed by atoms with Crippen LogP contribution >= 0.6 is 0 Å². The minimum Gasteiger partial charge on any atom is -0.481 e. The van der Waals surface area contributed by atoms with Crippen LogP contribution in [0, 0.1) is 17.3 Å². The van der Waals surface area contributed by atoms with Crippen LogP contribution in [0.2, 0.25) is 0 Å². The third kappa shape index (κ3) is 3.00. The second kappa shape index (κ2) is 4.59. The number of carbonyl (C=O) groups is 2. The Morgan fingerprint density at radius 2 is 1.94 bits per heavy atom. The number of carboxylic acids is 1. The summed E-state index contributed by atoms with van der Waals surface area (Å²) in [5.74, 6) is -1.84. The first-order chi connectivity index (χ1) is 8.12. The standard InChI is InChI=1S/C14H20O4/c1-6-13(2,3)18-10(15)8-7-9-11(12(16)17)14(9,4)5/h6-9,11H,1H2,2-5H3,(H,16,17)/b8-7-. The Kier molecular flexibility index (Phi) is 3.70. The molecule has 2 unspecified atom stereocenters. The fourth-order valence-electron chi connectivity index (χ4n) is 2.03. The lowest BCUT2D eigenvalue weighted by Crippen LogP contribution is -2.24. The lowest BCUT2D eigenvalue weighted by Gasteiger charge is -2.19. The van der Waals surface area contributed by atoms with Crippen LogP contribution in [0.4, 0.5) is 0 Å². The van der Waals surface area contributed by atoms with Crippen LogP contribution in [0.3, 0.4) is 0 Å². The third-order valence-electron chi connectivity index (χ3n) is 3.47. The van der Waals surface area contributed by atoms with E-state index in [0.717, 1.165) is 0 Å². The number of carboxylic acid groups (broad SMARTS) is 1. The van der Waals surface area contributed by atoms with Gasteiger partial charge < -0.3 is 9.84 Å². The van der Waals surface area contributed by atoms with E-state index in [9.17, 15) is 9.59 Å². The summed E-state index contributed by atoms with van der Waals surface area (Å²) in [6.07, 6.45) is 4.47. The summed E-state index contributed by atoms with van der Waals surface area (Å²) in [6.45, 7) is 10.8. The lowest BCUT2D eigenvalue weighted by molar-refractivity contribution is -0.146. The molecule has 1 N–H and O–H groups in total. The van der Waals surface area contributed by atoms with Crippen LogP contribution in [-0.4, -0.2) is 22.6 Å². The van der Waals surface area contributed by atoms with Crippen molar-refractivity contribution in [2.75, 3.05) is 0 Å². The molecule has 0 aliphatic heterocycles. The quantitative estimate of drug-likeness (QED) is 0.463. The SMILES string of the molecule is C=CC(C)(C)OC(=O)/C=C\C1C(C(=O)O)C1(C)C. The fourth-order valence-corrected chi connectivity index (χ4v) is 2.03. The van der Waals surface area contributed by atoms with Gasteiger partial charge in [-0.2, -0.15) is 0 Å². The van der Waals surface area contributed by atoms with Gasteiger partial charge in [0, 0.05) is 6.08 Å². The molecule has 0 spiro atoms. The third-order valence-corrected chi connectivity index (χ3v) is 3.47. The first kappa shape index (κ1) is 14.5. The zero-order valence-corrected chi connectivity index (χ0v) is 11.3. The summed E-state index contributed by atoms with van der Waals surface area (Å²) in [4.78, 5) is 22.5. The van der Waals surface area contributed by atoms with E-state index in [4.69, 9.17) is 9.84 Å². The van der Waals surface area contributed by atoms with Crippen molar-refractivity contribution in [1.82, 2.24) is 0 Å². The Balaban J connectivity index is 2.59. The average Bonchev–Trinajstić information content (AvgIpc) is 2.77. The van der Waals surface area contributed by atoms with Crippen molar-refractivity contribution in [3.05, 3.63) is 24.8 Å². The maximum atomic E-state index is 11.5. The number of hydrogen-bond acceptors (Lipinski definition) is 3. The topological polar surface area (TPSA) is 63.6 Å². The van der Waals surface area contributed by atoms with Crippen molar-refractivity contribution < 1.29 is 19.4 Å². The van der Waals surface area contributed by atoms with Crippen molar-refractivity contribution in [1.29, 1.82) is 0 Å². The van der Waals surface area contributed by atoms with Gasteiger partial charge in [-0.1, -0.05) is 26.5 Å². The molecule has 0 saturated heterocycles. The van der Waals surface area contributed by atoms with Gasteiger partial charge in [0.15, 0.2) is 0 Å². The van der Waals surface area contributed by atoms with Crippen LogP contribution in [0.5, 0.6) is 0 Å². The van der Waals surface area contributed by atoms with E-state index in [2.05, 4.69) is 6.58 Å². The van der Waals surface area contributed by atoms with E-state index in [1.54, 1.807) is 26.0 Å². The fraction of sp³-hybridized carbons (Fsp3) is 0.571. The second-order valence-corrected chi connectivity index (χ2v) is 5.75. The van der Waals surface area contributed by atoms with Crippen LogP contribution < -0.4 is 0 Å². The number of ether oxygens (including phenoxy) is 1. The Morgan fingerprint density at radius 1 is 1.39 bits per heavy atom. The molecular formula is C14H20O4. The summed E-state index contributed by atoms with van der Waals surface area (Å²) in [5.41, 5.74) is -1.01. The van der Waals surface area contributed by atoms with Gasteiger partial charge in [0.05, 0.1) is 5.92 Å². The smallest absolute Gasteiger partial charge is 0.331 e. The zero-order chi connectivity index (χ0) is 14.1. The highest BCUT2D eigenvalue weighted by atomic mass is 16.6. The summed E-state index contributed by atoms with van der Waals surface area (Å²) >= 11 is 0. The number of allylic oxidation sites excluding steroid dienone is 1. The van der Waals surface area contributed by atoms with E-state index in [-0.39, 0.29) is 11.3 Å². The van der Waals surface area contributed by atoms with Gasteiger partial charge in [-0.15, -0.1) is 0 Å². The van der Waals surface area contributed by atoms with Gasteiger partial charge in [-0.25, -0.2) is 4.79 Å². The van der Waals surface area contributed by atoms with Crippen molar-refractivity contribution in [2.24, 2.45) is 17.3 Å². The second-order valence-electron chi connectivity index (χ2n) is 5.75. The molecule has 4 nitrogen and oxygen atoms in total. The van der Waals surface area contributed by atoms with Crippen LogP contribution in [0.1, 0.15) is 27.7 Å². The summed E-state index contributed by atoms with van der Waals surface area (Å²) in [6, 6.07) is 0. The molecule has 1 rings (SSSR count). The molecule has 4 heteroatoms. The van der Waals surface area contributed by atoms with Gasteiger partial charge >= 0.3 is 11.9 Å². The van der Waals surface area contributed by atoms with Gasteiger partial charge in [0.1, 0.15) is 5.60 Å². The first-order valence-corrected chi connectivity index (χ1v) is 5.89. The highest BCUT2D eigenvalue weighted by Crippen LogP contribution is 2.59. The molecule has 100 valence electrons. The van der Waals surface area contributed by atoms with E-state index < -0.39 is 23.5 Å². The minimum atomic E-state index is -0.825. The van der Waals surface area contributed by atoms with Crippen LogP contribution in [0.15, 0.2) is 24.8 Å². The highest BCUT2D eigenvalue weighted by Gasteiger charge is 2.60. The van der Waals surface area contributed by atoms with Crippen LogP contribution in [-0.2, 0) is 14.3 Å². The van der Waals surface area contributed by atoms with Gasteiger partial charge in [0.25, 0.3) is 0 Å². The van der Waals surface area contributed by atoms with E-state index in [0.29, 0.717) is 0 Å². The Morgan fingerprint density at radius 3 is 2.33 bits per heavy atom. The van der Waals surface area contributed by atoms with Gasteiger partial charge in [-0.05, 0) is 31.3 Å². The Hall–Kier alpha value is -1.58. The molecule has 0 amide bonds. The van der Waals surface area contributed by atoms with Crippen molar-refractivity contribution in [3.8, 4) is 0 Å². The number of hydrogen-bond donors (Lipinski definition) is 1. The van der Waals surface area contributed by atoms with E-state index in [1.807, 2.05) is 13.8 Å². The average molecular weight is 252 g/mol. The van der Waals surface area contributed by atoms with Crippen LogP contribution in [0.25, 0.3) is 0 Å². The van der Waals surface area contributed by atoms with Crippen molar-refractivity contribution >= 4 is 11.9 Å². The van der Waals surface area contributed by atoms with Crippen molar-refractivity contribution in [3.63, 3.8) is 0 Å². The maximum absolute atomic E-state index is 11.5. The molecule has 1 aliphatic carbocycles. The normalized spacial score (nSPS) is 25.8. The summed E-state index contributed by atoms with van der Waals surface area (Å²) in [5, 5.41) is 8.99. The molecule has 1 saturated carbocycles. The molecule has 0 heterocycles. The molecule has 0 aromatic heterocycles. The maximum Gasteiger partial charge on any atom is 0.331 e. The Labute approximate surface area is 107 Å². The molecular weight excluding hydrogens is 232 g/mol. The van der Waals surface area contributed by atoms with Gasteiger partial charge in [0.2, 0.25) is 0 Å². The zero-order valence-electron chi connectivity index (χ0n) is 11.3.